The number of hydrogen-bond donors (Lipinski definition) is 3. The van der Waals surface area contributed by atoms with E-state index in [1.807, 2.05) is 6.92 Å². The molecular formula is C12H11N3O3S. The highest BCUT2D eigenvalue weighted by Gasteiger charge is 2.13. The molecule has 0 spiro atoms. The fraction of sp³-hybridized carbons (Fsp3) is 0.0833. The highest BCUT2D eigenvalue weighted by atomic mass is 32.1. The number of aromatic carboxylic acids is 1. The second-order valence-electron chi connectivity index (χ2n) is 3.80. The maximum absolute atomic E-state index is 11.7. The molecule has 0 saturated heterocycles. The molecule has 2 amide bonds. The molecule has 0 aliphatic carbocycles. The number of carbonyl (C=O) groups excluding carboxylic acids is 1. The monoisotopic (exact) mass is 277 g/mol. The van der Waals surface area contributed by atoms with Crippen LogP contribution in [0.15, 0.2) is 29.9 Å². The molecule has 0 fully saturated rings. The van der Waals surface area contributed by atoms with Gasteiger partial charge in [0.1, 0.15) is 5.00 Å². The fourth-order valence-electron chi connectivity index (χ4n) is 1.46. The molecule has 2 rings (SSSR count). The summed E-state index contributed by atoms with van der Waals surface area (Å²) in [4.78, 5) is 26.6. The van der Waals surface area contributed by atoms with Crippen LogP contribution in [0.5, 0.6) is 0 Å². The van der Waals surface area contributed by atoms with Gasteiger partial charge in [-0.3, -0.25) is 10.3 Å². The van der Waals surface area contributed by atoms with E-state index in [9.17, 15) is 9.59 Å². The molecule has 0 radical (unpaired) electrons. The van der Waals surface area contributed by atoms with Crippen LogP contribution in [0.2, 0.25) is 0 Å². The van der Waals surface area contributed by atoms with E-state index in [-0.39, 0.29) is 5.56 Å². The summed E-state index contributed by atoms with van der Waals surface area (Å²) in [6.45, 7) is 1.86. The maximum atomic E-state index is 11.7. The number of pyridine rings is 1. The van der Waals surface area contributed by atoms with Gasteiger partial charge in [0.15, 0.2) is 0 Å². The van der Waals surface area contributed by atoms with E-state index < -0.39 is 12.0 Å². The summed E-state index contributed by atoms with van der Waals surface area (Å²) in [5, 5.41) is 15.9. The first kappa shape index (κ1) is 13.0. The molecule has 2 aromatic rings. The summed E-state index contributed by atoms with van der Waals surface area (Å²) < 4.78 is 0. The van der Waals surface area contributed by atoms with Crippen LogP contribution >= 0.6 is 11.3 Å². The Morgan fingerprint density at radius 3 is 2.79 bits per heavy atom. The lowest BCUT2D eigenvalue weighted by molar-refractivity contribution is 0.0698. The van der Waals surface area contributed by atoms with Crippen molar-refractivity contribution in [3.63, 3.8) is 0 Å². The summed E-state index contributed by atoms with van der Waals surface area (Å²) >= 11 is 1.15. The van der Waals surface area contributed by atoms with Crippen molar-refractivity contribution in [2.45, 2.75) is 6.92 Å². The number of carboxylic acids is 1. The molecule has 2 aromatic heterocycles. The van der Waals surface area contributed by atoms with Gasteiger partial charge in [-0.1, -0.05) is 0 Å². The minimum Gasteiger partial charge on any atom is -0.478 e. The van der Waals surface area contributed by atoms with Crippen molar-refractivity contribution in [2.75, 3.05) is 10.6 Å². The first-order valence-corrected chi connectivity index (χ1v) is 6.24. The van der Waals surface area contributed by atoms with Gasteiger partial charge in [0.05, 0.1) is 17.4 Å². The molecule has 0 aromatic carbocycles. The lowest BCUT2D eigenvalue weighted by Gasteiger charge is -2.07. The summed E-state index contributed by atoms with van der Waals surface area (Å²) in [5.74, 6) is -1.08. The number of hydrogen-bond acceptors (Lipinski definition) is 4. The van der Waals surface area contributed by atoms with E-state index in [1.54, 1.807) is 17.6 Å². The summed E-state index contributed by atoms with van der Waals surface area (Å²) in [7, 11) is 0. The number of thiophene rings is 1. The highest BCUT2D eigenvalue weighted by molar-refractivity contribution is 7.14. The Kier molecular flexibility index (Phi) is 3.76. The first-order chi connectivity index (χ1) is 9.06. The van der Waals surface area contributed by atoms with Crippen molar-refractivity contribution in [3.05, 3.63) is 41.0 Å². The molecule has 0 aliphatic rings. The van der Waals surface area contributed by atoms with Crippen LogP contribution in [-0.4, -0.2) is 22.1 Å². The number of aromatic nitrogens is 1. The van der Waals surface area contributed by atoms with Crippen molar-refractivity contribution in [1.29, 1.82) is 0 Å². The number of rotatable bonds is 3. The van der Waals surface area contributed by atoms with Gasteiger partial charge in [-0.25, -0.2) is 9.59 Å². The Hall–Kier alpha value is -2.41. The van der Waals surface area contributed by atoms with Gasteiger partial charge in [0, 0.05) is 6.20 Å². The minimum absolute atomic E-state index is 0.0718. The topological polar surface area (TPSA) is 91.3 Å². The summed E-state index contributed by atoms with van der Waals surface area (Å²) in [6.07, 6.45) is 3.18. The number of amides is 2. The predicted molar refractivity (Wildman–Crippen MR) is 72.9 cm³/mol. The molecule has 7 heteroatoms. The van der Waals surface area contributed by atoms with Gasteiger partial charge < -0.3 is 10.4 Å². The molecular weight excluding hydrogens is 266 g/mol. The van der Waals surface area contributed by atoms with Crippen LogP contribution in [0.25, 0.3) is 0 Å². The number of nitrogens with zero attached hydrogens (tertiary/aromatic N) is 1. The van der Waals surface area contributed by atoms with E-state index in [1.165, 1.54) is 12.3 Å². The van der Waals surface area contributed by atoms with Crippen LogP contribution < -0.4 is 10.6 Å². The maximum Gasteiger partial charge on any atom is 0.338 e. The number of carbonyl (C=O) groups is 2. The summed E-state index contributed by atoms with van der Waals surface area (Å²) in [6, 6.07) is 2.70. The van der Waals surface area contributed by atoms with Gasteiger partial charge in [0.25, 0.3) is 0 Å². The third kappa shape index (κ3) is 3.29. The summed E-state index contributed by atoms with van der Waals surface area (Å²) in [5.41, 5.74) is 1.54. The van der Waals surface area contributed by atoms with Crippen LogP contribution in [0.4, 0.5) is 15.5 Å². The fourth-order valence-corrected chi connectivity index (χ4v) is 2.24. The third-order valence-corrected chi connectivity index (χ3v) is 3.09. The van der Waals surface area contributed by atoms with E-state index in [0.717, 1.165) is 16.9 Å². The van der Waals surface area contributed by atoms with Crippen LogP contribution in [0, 0.1) is 6.92 Å². The number of anilines is 2. The number of urea groups is 1. The average molecular weight is 277 g/mol. The van der Waals surface area contributed by atoms with Crippen LogP contribution in [0.3, 0.4) is 0 Å². The SMILES string of the molecule is Cc1cncc(NC(=O)Nc2sccc2C(=O)O)c1. The number of carboxylic acid groups (broad SMARTS) is 1. The smallest absolute Gasteiger partial charge is 0.338 e. The van der Waals surface area contributed by atoms with Gasteiger partial charge in [0.2, 0.25) is 0 Å². The lowest BCUT2D eigenvalue weighted by Crippen LogP contribution is -2.20. The molecule has 98 valence electrons. The normalized spacial score (nSPS) is 9.95. The van der Waals surface area contributed by atoms with Gasteiger partial charge in [-0.2, -0.15) is 0 Å². The highest BCUT2D eigenvalue weighted by Crippen LogP contribution is 2.23. The van der Waals surface area contributed by atoms with Crippen molar-refractivity contribution < 1.29 is 14.7 Å². The minimum atomic E-state index is -1.08. The Balaban J connectivity index is 2.05. The predicted octanol–water partition coefficient (Wildman–Crippen LogP) is 2.79. The second kappa shape index (κ2) is 5.49. The molecule has 6 nitrogen and oxygen atoms in total. The molecule has 0 aliphatic heterocycles. The zero-order valence-electron chi connectivity index (χ0n) is 10.0. The third-order valence-electron chi connectivity index (χ3n) is 2.26. The number of aryl methyl sites for hydroxylation is 1. The van der Waals surface area contributed by atoms with Crippen molar-refractivity contribution >= 4 is 34.0 Å². The quantitative estimate of drug-likeness (QED) is 0.804. The Morgan fingerprint density at radius 1 is 1.32 bits per heavy atom. The van der Waals surface area contributed by atoms with E-state index in [2.05, 4.69) is 15.6 Å². The van der Waals surface area contributed by atoms with Crippen molar-refractivity contribution in [1.82, 2.24) is 4.98 Å². The van der Waals surface area contributed by atoms with Crippen molar-refractivity contribution in [2.24, 2.45) is 0 Å². The van der Waals surface area contributed by atoms with E-state index in [4.69, 9.17) is 5.11 Å². The molecule has 19 heavy (non-hydrogen) atoms. The Bertz CT molecular complexity index is 624. The van der Waals surface area contributed by atoms with Gasteiger partial charge >= 0.3 is 12.0 Å². The Labute approximate surface area is 113 Å². The van der Waals surface area contributed by atoms with E-state index in [0.29, 0.717) is 10.7 Å². The molecule has 0 unspecified atom stereocenters. The molecule has 0 atom stereocenters. The molecule has 0 saturated carbocycles. The van der Waals surface area contributed by atoms with Gasteiger partial charge in [-0.15, -0.1) is 11.3 Å². The Morgan fingerprint density at radius 2 is 2.11 bits per heavy atom. The number of nitrogens with one attached hydrogen (secondary N) is 2. The van der Waals surface area contributed by atoms with Crippen LogP contribution in [0.1, 0.15) is 15.9 Å². The second-order valence-corrected chi connectivity index (χ2v) is 4.71. The molecule has 3 N–H and O–H groups in total. The molecule has 2 heterocycles. The van der Waals surface area contributed by atoms with Gasteiger partial charge in [-0.05, 0) is 30.0 Å². The van der Waals surface area contributed by atoms with Crippen molar-refractivity contribution in [3.8, 4) is 0 Å². The van der Waals surface area contributed by atoms with E-state index >= 15 is 0 Å². The largest absolute Gasteiger partial charge is 0.478 e. The zero-order valence-corrected chi connectivity index (χ0v) is 10.8. The zero-order chi connectivity index (χ0) is 13.8. The molecule has 0 bridgehead atoms. The standard InChI is InChI=1S/C12H11N3O3S/c1-7-4-8(6-13-5-7)14-12(18)15-10-9(11(16)17)2-3-19-10/h2-6H,1H3,(H,16,17)(H2,14,15,18). The average Bonchev–Trinajstić information content (AvgIpc) is 2.76. The van der Waals surface area contributed by atoms with Crippen LogP contribution in [-0.2, 0) is 0 Å². The lowest BCUT2D eigenvalue weighted by atomic mass is 10.3. The first-order valence-electron chi connectivity index (χ1n) is 5.36.